The third-order valence-corrected chi connectivity index (χ3v) is 6.66. The van der Waals surface area contributed by atoms with Crippen LogP contribution in [0, 0.1) is 0 Å². The second-order valence-corrected chi connectivity index (χ2v) is 9.07. The lowest BCUT2D eigenvalue weighted by Crippen LogP contribution is -2.51. The normalized spacial score (nSPS) is 14.3. The smallest absolute Gasteiger partial charge is 0.251 e. The van der Waals surface area contributed by atoms with Gasteiger partial charge in [-0.2, -0.15) is 0 Å². The van der Waals surface area contributed by atoms with E-state index in [1.807, 2.05) is 30.3 Å². The molecule has 1 heterocycles. The first-order valence-electron chi connectivity index (χ1n) is 10.4. The van der Waals surface area contributed by atoms with Gasteiger partial charge in [0.05, 0.1) is 18.0 Å². The first kappa shape index (κ1) is 23.7. The highest BCUT2D eigenvalue weighted by Crippen LogP contribution is 2.15. The van der Waals surface area contributed by atoms with Gasteiger partial charge >= 0.3 is 0 Å². The number of benzene rings is 2. The van der Waals surface area contributed by atoms with E-state index >= 15 is 0 Å². The molecule has 0 unspecified atom stereocenters. The number of sulfonamides is 1. The molecular formula is C22H28N4O5S. The zero-order chi connectivity index (χ0) is 23.0. The molecule has 1 aliphatic rings. The maximum Gasteiger partial charge on any atom is 0.251 e. The van der Waals surface area contributed by atoms with E-state index in [9.17, 15) is 18.0 Å². The summed E-state index contributed by atoms with van der Waals surface area (Å²) in [7, 11) is -2.18. The number of methoxy groups -OCH3 is 1. The molecule has 172 valence electrons. The highest BCUT2D eigenvalue weighted by Gasteiger charge is 2.22. The minimum atomic E-state index is -3.67. The SMILES string of the molecule is COCCNS(=O)(=O)c1ccc(C(=O)NCC(=O)N2CCN(c3ccccc3)CC2)cc1. The molecule has 0 aromatic heterocycles. The number of amides is 2. The monoisotopic (exact) mass is 460 g/mol. The molecule has 0 atom stereocenters. The molecule has 2 amide bonds. The van der Waals surface area contributed by atoms with Crippen molar-refractivity contribution < 1.29 is 22.7 Å². The van der Waals surface area contributed by atoms with Crippen molar-refractivity contribution in [2.24, 2.45) is 0 Å². The van der Waals surface area contributed by atoms with E-state index in [1.165, 1.54) is 31.4 Å². The third-order valence-electron chi connectivity index (χ3n) is 5.18. The number of anilines is 1. The number of nitrogens with zero attached hydrogens (tertiary/aromatic N) is 2. The largest absolute Gasteiger partial charge is 0.383 e. The first-order valence-corrected chi connectivity index (χ1v) is 11.8. The molecule has 0 aliphatic carbocycles. The molecule has 10 heteroatoms. The van der Waals surface area contributed by atoms with Crippen LogP contribution in [0.15, 0.2) is 59.5 Å². The molecule has 0 radical (unpaired) electrons. The lowest BCUT2D eigenvalue weighted by Gasteiger charge is -2.36. The van der Waals surface area contributed by atoms with Gasteiger partial charge in [0.1, 0.15) is 0 Å². The Morgan fingerprint density at radius 2 is 1.62 bits per heavy atom. The maximum atomic E-state index is 12.5. The van der Waals surface area contributed by atoms with Crippen LogP contribution in [0.25, 0.3) is 0 Å². The number of para-hydroxylation sites is 1. The predicted octanol–water partition coefficient (Wildman–Crippen LogP) is 0.690. The summed E-state index contributed by atoms with van der Waals surface area (Å²) in [4.78, 5) is 28.9. The summed E-state index contributed by atoms with van der Waals surface area (Å²) in [5, 5.41) is 2.61. The van der Waals surface area contributed by atoms with Gasteiger partial charge in [-0.05, 0) is 36.4 Å². The van der Waals surface area contributed by atoms with E-state index in [2.05, 4.69) is 14.9 Å². The van der Waals surface area contributed by atoms with Gasteiger partial charge in [-0.15, -0.1) is 0 Å². The summed E-state index contributed by atoms with van der Waals surface area (Å²) in [5.74, 6) is -0.579. The molecule has 1 fully saturated rings. The Morgan fingerprint density at radius 1 is 0.969 bits per heavy atom. The van der Waals surface area contributed by atoms with Gasteiger partial charge in [0.25, 0.3) is 5.91 Å². The van der Waals surface area contributed by atoms with Crippen molar-refractivity contribution in [3.05, 3.63) is 60.2 Å². The molecule has 32 heavy (non-hydrogen) atoms. The fourth-order valence-corrected chi connectivity index (χ4v) is 4.38. The molecule has 2 aromatic carbocycles. The average Bonchev–Trinajstić information content (AvgIpc) is 2.83. The minimum absolute atomic E-state index is 0.0533. The molecule has 9 nitrogen and oxygen atoms in total. The summed E-state index contributed by atoms with van der Waals surface area (Å²) in [6.45, 7) is 2.95. The lowest BCUT2D eigenvalue weighted by molar-refractivity contribution is -0.130. The summed E-state index contributed by atoms with van der Waals surface area (Å²) in [6.07, 6.45) is 0. The summed E-state index contributed by atoms with van der Waals surface area (Å²) < 4.78 is 31.6. The highest BCUT2D eigenvalue weighted by atomic mass is 32.2. The van der Waals surface area contributed by atoms with Crippen LogP contribution in [-0.2, 0) is 19.6 Å². The van der Waals surface area contributed by atoms with E-state index in [1.54, 1.807) is 4.90 Å². The number of piperazine rings is 1. The van der Waals surface area contributed by atoms with Crippen LogP contribution < -0.4 is 14.9 Å². The fourth-order valence-electron chi connectivity index (χ4n) is 3.37. The number of hydrogen-bond acceptors (Lipinski definition) is 6. The second-order valence-electron chi connectivity index (χ2n) is 7.30. The Hall–Kier alpha value is -2.95. The molecule has 3 rings (SSSR count). The standard InChI is InChI=1S/C22H28N4O5S/c1-31-16-11-24-32(29,30)20-9-7-18(8-10-20)22(28)23-17-21(27)26-14-12-25(13-15-26)19-5-3-2-4-6-19/h2-10,24H,11-17H2,1H3,(H,23,28). The Labute approximate surface area is 188 Å². The van der Waals surface area contributed by atoms with Crippen LogP contribution in [0.3, 0.4) is 0 Å². The number of hydrogen-bond donors (Lipinski definition) is 2. The van der Waals surface area contributed by atoms with E-state index in [0.717, 1.165) is 18.8 Å². The quantitative estimate of drug-likeness (QED) is 0.533. The van der Waals surface area contributed by atoms with Gasteiger partial charge in [-0.3, -0.25) is 9.59 Å². The molecule has 0 bridgehead atoms. The Bertz CT molecular complexity index is 1000. The van der Waals surface area contributed by atoms with E-state index in [0.29, 0.717) is 13.1 Å². The number of carbonyl (C=O) groups is 2. The fraction of sp³-hybridized carbons (Fsp3) is 0.364. The van der Waals surface area contributed by atoms with Gasteiger partial charge in [0, 0.05) is 51.1 Å². The van der Waals surface area contributed by atoms with Crippen LogP contribution >= 0.6 is 0 Å². The van der Waals surface area contributed by atoms with Crippen molar-refractivity contribution in [1.29, 1.82) is 0 Å². The summed E-state index contributed by atoms with van der Waals surface area (Å²) >= 11 is 0. The minimum Gasteiger partial charge on any atom is -0.383 e. The molecule has 0 saturated carbocycles. The van der Waals surface area contributed by atoms with Crippen LogP contribution in [-0.4, -0.2) is 78.1 Å². The Morgan fingerprint density at radius 3 is 2.25 bits per heavy atom. The van der Waals surface area contributed by atoms with E-state index in [4.69, 9.17) is 4.74 Å². The van der Waals surface area contributed by atoms with Crippen LogP contribution in [0.2, 0.25) is 0 Å². The van der Waals surface area contributed by atoms with Gasteiger partial charge < -0.3 is 19.9 Å². The van der Waals surface area contributed by atoms with Crippen LogP contribution in [0.5, 0.6) is 0 Å². The molecule has 2 N–H and O–H groups in total. The Kier molecular flexibility index (Phi) is 8.20. The average molecular weight is 461 g/mol. The van der Waals surface area contributed by atoms with E-state index < -0.39 is 15.9 Å². The van der Waals surface area contributed by atoms with Crippen molar-refractivity contribution >= 4 is 27.5 Å². The van der Waals surface area contributed by atoms with Crippen molar-refractivity contribution in [1.82, 2.24) is 14.9 Å². The third kappa shape index (κ3) is 6.28. The molecular weight excluding hydrogens is 432 g/mol. The van der Waals surface area contributed by atoms with Crippen LogP contribution in [0.1, 0.15) is 10.4 Å². The summed E-state index contributed by atoms with van der Waals surface area (Å²) in [6, 6.07) is 15.6. The number of carbonyl (C=O) groups excluding carboxylic acids is 2. The molecule has 0 spiro atoms. The van der Waals surface area contributed by atoms with Gasteiger partial charge in [0.15, 0.2) is 0 Å². The molecule has 2 aromatic rings. The van der Waals surface area contributed by atoms with Crippen molar-refractivity contribution in [2.45, 2.75) is 4.90 Å². The maximum absolute atomic E-state index is 12.5. The van der Waals surface area contributed by atoms with Crippen molar-refractivity contribution in [3.63, 3.8) is 0 Å². The summed E-state index contributed by atoms with van der Waals surface area (Å²) in [5.41, 5.74) is 1.41. The van der Waals surface area contributed by atoms with Crippen LogP contribution in [0.4, 0.5) is 5.69 Å². The van der Waals surface area contributed by atoms with Gasteiger partial charge in [-0.1, -0.05) is 18.2 Å². The zero-order valence-electron chi connectivity index (χ0n) is 18.0. The zero-order valence-corrected chi connectivity index (χ0v) is 18.8. The number of rotatable bonds is 9. The van der Waals surface area contributed by atoms with Crippen molar-refractivity contribution in [2.75, 3.05) is 57.9 Å². The molecule has 1 aliphatic heterocycles. The van der Waals surface area contributed by atoms with Gasteiger partial charge in [0.2, 0.25) is 15.9 Å². The topological polar surface area (TPSA) is 108 Å². The van der Waals surface area contributed by atoms with E-state index in [-0.39, 0.29) is 36.1 Å². The first-order chi connectivity index (χ1) is 15.4. The predicted molar refractivity (Wildman–Crippen MR) is 121 cm³/mol. The highest BCUT2D eigenvalue weighted by molar-refractivity contribution is 7.89. The number of ether oxygens (including phenoxy) is 1. The number of nitrogens with one attached hydrogen (secondary N) is 2. The second kappa shape index (κ2) is 11.1. The van der Waals surface area contributed by atoms with Gasteiger partial charge in [-0.25, -0.2) is 13.1 Å². The van der Waals surface area contributed by atoms with Crippen molar-refractivity contribution in [3.8, 4) is 0 Å². The molecule has 1 saturated heterocycles. The lowest BCUT2D eigenvalue weighted by atomic mass is 10.2. The Balaban J connectivity index is 1.46.